The lowest BCUT2D eigenvalue weighted by Crippen LogP contribution is -2.30. The van der Waals surface area contributed by atoms with E-state index in [0.29, 0.717) is 0 Å². The maximum absolute atomic E-state index is 5.09. The highest BCUT2D eigenvalue weighted by Crippen LogP contribution is 2.61. The van der Waals surface area contributed by atoms with E-state index in [-0.39, 0.29) is 0 Å². The van der Waals surface area contributed by atoms with Crippen molar-refractivity contribution in [1.29, 1.82) is 0 Å². The molecule has 2 heterocycles. The Morgan fingerprint density at radius 2 is 1.11 bits per heavy atom. The lowest BCUT2D eigenvalue weighted by Gasteiger charge is -2.38. The SMILES string of the molecule is C=C1/C=C\C=C/Cc2ccccc2C12c1cc(N(c3ccccc3)c3ccc4c(c3)c3ccccc3n4-c3ccccc3)ccc1-c1ccc(N3c4ccc5ccccc5c4-c4cccc5cccc3c45)cc12. The number of anilines is 6. The lowest BCUT2D eigenvalue weighted by molar-refractivity contribution is 0.759. The highest BCUT2D eigenvalue weighted by Gasteiger charge is 2.48. The summed E-state index contributed by atoms with van der Waals surface area (Å²) in [5.74, 6) is 0. The van der Waals surface area contributed by atoms with Crippen molar-refractivity contribution in [2.45, 2.75) is 11.8 Å². The number of nitrogens with zero attached hydrogens (tertiary/aromatic N) is 3. The normalized spacial score (nSPS) is 16.2. The Kier molecular flexibility index (Phi) is 9.09. The first-order chi connectivity index (χ1) is 36.1. The van der Waals surface area contributed by atoms with Gasteiger partial charge in [0.2, 0.25) is 0 Å². The molecule has 3 nitrogen and oxygen atoms in total. The zero-order valence-electron chi connectivity index (χ0n) is 40.1. The Labute approximate surface area is 424 Å². The van der Waals surface area contributed by atoms with Gasteiger partial charge in [-0.1, -0.05) is 183 Å². The van der Waals surface area contributed by atoms with E-state index >= 15 is 0 Å². The summed E-state index contributed by atoms with van der Waals surface area (Å²) in [7, 11) is 0. The maximum Gasteiger partial charge on any atom is 0.0712 e. The smallest absolute Gasteiger partial charge is 0.0712 e. The molecule has 0 saturated carbocycles. The van der Waals surface area contributed by atoms with Crippen LogP contribution in [0.5, 0.6) is 0 Å². The second-order valence-electron chi connectivity index (χ2n) is 19.6. The number of fused-ring (bicyclic) bond motifs is 14. The minimum Gasteiger partial charge on any atom is -0.310 e. The number of aromatic nitrogens is 1. The average Bonchev–Trinajstić information content (AvgIpc) is 3.95. The highest BCUT2D eigenvalue weighted by molar-refractivity contribution is 6.19. The summed E-state index contributed by atoms with van der Waals surface area (Å²) in [6.45, 7) is 5.09. The monoisotopic (exact) mass is 929 g/mol. The van der Waals surface area contributed by atoms with Gasteiger partial charge in [-0.05, 0) is 152 Å². The molecule has 0 amide bonds. The molecule has 0 saturated heterocycles. The van der Waals surface area contributed by atoms with Gasteiger partial charge in [-0.25, -0.2) is 0 Å². The quantitative estimate of drug-likeness (QED) is 0.170. The molecule has 0 fully saturated rings. The van der Waals surface area contributed by atoms with Crippen LogP contribution in [-0.2, 0) is 11.8 Å². The van der Waals surface area contributed by atoms with Gasteiger partial charge in [0, 0.05) is 50.2 Å². The lowest BCUT2D eigenvalue weighted by atomic mass is 9.66. The predicted molar refractivity (Wildman–Crippen MR) is 307 cm³/mol. The van der Waals surface area contributed by atoms with Gasteiger partial charge < -0.3 is 14.4 Å². The second-order valence-corrected chi connectivity index (χ2v) is 19.6. The van der Waals surface area contributed by atoms with E-state index in [1.54, 1.807) is 0 Å². The van der Waals surface area contributed by atoms with Gasteiger partial charge in [0.05, 0.1) is 27.8 Å². The molecular weight excluding hydrogens is 883 g/mol. The maximum atomic E-state index is 5.09. The average molecular weight is 930 g/mol. The Morgan fingerprint density at radius 3 is 1.99 bits per heavy atom. The van der Waals surface area contributed by atoms with Crippen LogP contribution in [0.25, 0.3) is 71.3 Å². The van der Waals surface area contributed by atoms with E-state index in [1.807, 2.05) is 0 Å². The molecule has 11 aromatic carbocycles. The summed E-state index contributed by atoms with van der Waals surface area (Å²) in [5, 5.41) is 7.42. The van der Waals surface area contributed by atoms with Gasteiger partial charge in [-0.3, -0.25) is 0 Å². The van der Waals surface area contributed by atoms with E-state index in [2.05, 4.69) is 275 Å². The number of allylic oxidation sites excluding steroid dienone is 5. The van der Waals surface area contributed by atoms with Crippen molar-refractivity contribution < 1.29 is 0 Å². The minimum atomic E-state index is -0.739. The van der Waals surface area contributed by atoms with E-state index < -0.39 is 5.41 Å². The molecule has 2 aliphatic carbocycles. The third-order valence-corrected chi connectivity index (χ3v) is 15.9. The van der Waals surface area contributed by atoms with Crippen molar-refractivity contribution in [3.05, 3.63) is 295 Å². The van der Waals surface area contributed by atoms with Crippen LogP contribution in [0.2, 0.25) is 0 Å². The fourth-order valence-corrected chi connectivity index (χ4v) is 12.9. The van der Waals surface area contributed by atoms with Crippen molar-refractivity contribution in [2.24, 2.45) is 0 Å². The first-order valence-corrected chi connectivity index (χ1v) is 25.3. The fourth-order valence-electron chi connectivity index (χ4n) is 12.9. The molecule has 1 spiro atoms. The number of rotatable bonds is 5. The van der Waals surface area contributed by atoms with Crippen LogP contribution in [0, 0.1) is 0 Å². The van der Waals surface area contributed by atoms with E-state index in [9.17, 15) is 0 Å². The van der Waals surface area contributed by atoms with Crippen LogP contribution >= 0.6 is 0 Å². The summed E-state index contributed by atoms with van der Waals surface area (Å²) in [6, 6.07) is 87.7. The molecule has 1 aromatic heterocycles. The van der Waals surface area contributed by atoms with E-state index in [1.165, 1.54) is 99.2 Å². The molecule has 12 aromatic rings. The summed E-state index contributed by atoms with van der Waals surface area (Å²) < 4.78 is 2.39. The first kappa shape index (κ1) is 41.4. The zero-order chi connectivity index (χ0) is 48.2. The molecule has 342 valence electrons. The first-order valence-electron chi connectivity index (χ1n) is 25.3. The summed E-state index contributed by atoms with van der Waals surface area (Å²) in [6.07, 6.45) is 9.70. The van der Waals surface area contributed by atoms with Gasteiger partial charge in [0.25, 0.3) is 0 Å². The van der Waals surface area contributed by atoms with Crippen LogP contribution in [0.3, 0.4) is 0 Å². The third kappa shape index (κ3) is 6.00. The molecule has 73 heavy (non-hydrogen) atoms. The van der Waals surface area contributed by atoms with Gasteiger partial charge in [-0.2, -0.15) is 0 Å². The molecule has 3 heteroatoms. The van der Waals surface area contributed by atoms with Crippen LogP contribution in [0.4, 0.5) is 34.1 Å². The molecule has 1 atom stereocenters. The zero-order valence-corrected chi connectivity index (χ0v) is 40.1. The van der Waals surface area contributed by atoms with Crippen molar-refractivity contribution >= 4 is 77.5 Å². The Morgan fingerprint density at radius 1 is 0.425 bits per heavy atom. The van der Waals surface area contributed by atoms with Gasteiger partial charge >= 0.3 is 0 Å². The molecule has 0 radical (unpaired) electrons. The van der Waals surface area contributed by atoms with Crippen molar-refractivity contribution in [1.82, 2.24) is 4.57 Å². The van der Waals surface area contributed by atoms with Crippen molar-refractivity contribution in [3.63, 3.8) is 0 Å². The number of hydrogen-bond donors (Lipinski definition) is 0. The van der Waals surface area contributed by atoms with E-state index in [0.717, 1.165) is 40.4 Å². The summed E-state index contributed by atoms with van der Waals surface area (Å²) >= 11 is 0. The van der Waals surface area contributed by atoms with Crippen molar-refractivity contribution in [2.75, 3.05) is 9.80 Å². The Balaban J connectivity index is 0.978. The predicted octanol–water partition coefficient (Wildman–Crippen LogP) is 18.5. The molecule has 1 aliphatic heterocycles. The molecule has 15 rings (SSSR count). The molecule has 0 N–H and O–H groups in total. The molecule has 3 aliphatic rings. The number of para-hydroxylation sites is 3. The van der Waals surface area contributed by atoms with Crippen LogP contribution in [0.1, 0.15) is 22.3 Å². The fraction of sp³-hybridized carbons (Fsp3) is 0.0286. The van der Waals surface area contributed by atoms with E-state index in [4.69, 9.17) is 6.58 Å². The van der Waals surface area contributed by atoms with Crippen LogP contribution in [-0.4, -0.2) is 4.57 Å². The Hall–Kier alpha value is -9.44. The molecular formula is C70H47N3. The highest BCUT2D eigenvalue weighted by atomic mass is 15.2. The topological polar surface area (TPSA) is 11.4 Å². The summed E-state index contributed by atoms with van der Waals surface area (Å²) in [4.78, 5) is 4.95. The standard InChI is InChI=1S/C70H47N3/c1-46-19-5-2-6-21-48-22-12-15-32-61(48)70(46)62-44-53(71(50-25-7-3-8-26-50)52-38-42-65-60(43-52)58-30-14-16-33-64(58)72(65)51-27-9-4-10-28-51)36-39-56(62)57-40-37-54(45-63(57)70)73-66-34-18-24-49-23-17-31-59(68(49)66)69-55-29-13-11-20-47(55)35-41-67(69)73/h2-20,22-45H,1,21H2/b6-2-,19-5-. The van der Waals surface area contributed by atoms with Crippen molar-refractivity contribution in [3.8, 4) is 27.9 Å². The van der Waals surface area contributed by atoms with Crippen LogP contribution < -0.4 is 9.80 Å². The molecule has 1 unspecified atom stereocenters. The third-order valence-electron chi connectivity index (χ3n) is 15.9. The Bertz CT molecular complexity index is 4320. The summed E-state index contributed by atoms with van der Waals surface area (Å²) in [5.41, 5.74) is 20.5. The number of benzene rings is 11. The largest absolute Gasteiger partial charge is 0.310 e. The minimum absolute atomic E-state index is 0.739. The number of hydrogen-bond acceptors (Lipinski definition) is 2. The van der Waals surface area contributed by atoms with Gasteiger partial charge in [-0.15, -0.1) is 0 Å². The van der Waals surface area contributed by atoms with Gasteiger partial charge in [0.1, 0.15) is 0 Å². The van der Waals surface area contributed by atoms with Crippen LogP contribution in [0.15, 0.2) is 273 Å². The van der Waals surface area contributed by atoms with Gasteiger partial charge in [0.15, 0.2) is 0 Å². The second kappa shape index (κ2) is 16.0. The molecule has 0 bridgehead atoms.